The molecular formula is C38H51ClFN3O5S2. The Kier molecular flexibility index (Phi) is 12.7. The largest absolute Gasteiger partial charge is 0.491 e. The highest BCUT2D eigenvalue weighted by molar-refractivity contribution is 7.85. The maximum absolute atomic E-state index is 15.4. The van der Waals surface area contributed by atoms with Gasteiger partial charge in [-0.1, -0.05) is 50.4 Å². The number of anilines is 1. The summed E-state index contributed by atoms with van der Waals surface area (Å²) in [6.07, 6.45) is 7.04. The van der Waals surface area contributed by atoms with Gasteiger partial charge in [-0.3, -0.25) is 18.6 Å². The van der Waals surface area contributed by atoms with Crippen molar-refractivity contribution in [2.24, 2.45) is 11.8 Å². The minimum Gasteiger partial charge on any atom is -0.491 e. The van der Waals surface area contributed by atoms with Crippen LogP contribution in [0, 0.1) is 17.7 Å². The molecule has 4 bridgehead atoms. The summed E-state index contributed by atoms with van der Waals surface area (Å²) in [4.78, 5) is 18.0. The zero-order valence-corrected chi connectivity index (χ0v) is 31.9. The number of carbonyl (C=O) groups is 1. The first-order valence-corrected chi connectivity index (χ1v) is 21.3. The van der Waals surface area contributed by atoms with Gasteiger partial charge < -0.3 is 14.4 Å². The Bertz CT molecular complexity index is 1610. The van der Waals surface area contributed by atoms with Gasteiger partial charge in [0.1, 0.15) is 22.6 Å². The number of hydrogen-bond acceptors (Lipinski definition) is 7. The van der Waals surface area contributed by atoms with Crippen LogP contribution in [0.2, 0.25) is 5.02 Å². The second kappa shape index (κ2) is 17.0. The molecule has 4 aliphatic heterocycles. The number of nitrogens with one attached hydrogen (secondary N) is 1. The van der Waals surface area contributed by atoms with Gasteiger partial charge in [0.15, 0.2) is 0 Å². The van der Waals surface area contributed by atoms with E-state index in [1.165, 1.54) is 5.57 Å². The number of carbonyl (C=O) groups excluding carboxylic acids is 1. The van der Waals surface area contributed by atoms with Gasteiger partial charge in [0.25, 0.3) is 5.91 Å². The summed E-state index contributed by atoms with van der Waals surface area (Å²) in [6, 6.07) is 8.96. The fraction of sp³-hybridized carbons (Fsp3) is 0.605. The van der Waals surface area contributed by atoms with Crippen LogP contribution >= 0.6 is 11.6 Å². The molecule has 1 fully saturated rings. The number of nitrogens with zero attached hydrogens (tertiary/aromatic N) is 2. The molecule has 1 N–H and O–H groups in total. The van der Waals surface area contributed by atoms with Crippen molar-refractivity contribution >= 4 is 45.0 Å². The number of allylic oxidation sites excluding steroid dienone is 1. The fourth-order valence-electron chi connectivity index (χ4n) is 7.87. The molecule has 0 saturated carbocycles. The lowest BCUT2D eigenvalue weighted by Crippen LogP contribution is -2.41. The van der Waals surface area contributed by atoms with Crippen LogP contribution in [-0.2, 0) is 32.9 Å². The molecule has 6 atom stereocenters. The van der Waals surface area contributed by atoms with Gasteiger partial charge >= 0.3 is 0 Å². The van der Waals surface area contributed by atoms with E-state index in [2.05, 4.69) is 27.5 Å². The number of halogens is 2. The highest BCUT2D eigenvalue weighted by atomic mass is 35.5. The average molecular weight is 748 g/mol. The smallest absolute Gasteiger partial charge is 0.263 e. The second-order valence-corrected chi connectivity index (χ2v) is 17.9. The van der Waals surface area contributed by atoms with Gasteiger partial charge in [0, 0.05) is 66.5 Å². The van der Waals surface area contributed by atoms with E-state index in [9.17, 15) is 13.2 Å². The molecule has 0 spiro atoms. The van der Waals surface area contributed by atoms with E-state index in [1.807, 2.05) is 32.0 Å². The van der Waals surface area contributed by atoms with E-state index in [0.29, 0.717) is 55.5 Å². The molecule has 274 valence electrons. The first-order valence-electron chi connectivity index (χ1n) is 18.2. The number of fused-ring (bicyclic) bond motifs is 7. The normalized spacial score (nSPS) is 28.2. The van der Waals surface area contributed by atoms with Crippen LogP contribution in [0.4, 0.5) is 10.1 Å². The molecular weight excluding hydrogens is 697 g/mol. The SMILES string of the molecule is CCCc1c(C2COc3ccc4cc3N(CCC(CC)C(OCCN3CCS(=O)CC3)C3=C[C@@H](C3)CC(C)S(=O)NC4=O)C2)ccc(Cl)c1F. The predicted octanol–water partition coefficient (Wildman–Crippen LogP) is 6.41. The van der Waals surface area contributed by atoms with Gasteiger partial charge in [-0.25, -0.2) is 8.60 Å². The Morgan fingerprint density at radius 3 is 2.64 bits per heavy atom. The Morgan fingerprint density at radius 2 is 1.90 bits per heavy atom. The highest BCUT2D eigenvalue weighted by Crippen LogP contribution is 2.41. The first kappa shape index (κ1) is 37.4. The summed E-state index contributed by atoms with van der Waals surface area (Å²) < 4.78 is 56.5. The Labute approximate surface area is 306 Å². The van der Waals surface area contributed by atoms with Crippen molar-refractivity contribution in [2.75, 3.05) is 62.3 Å². The van der Waals surface area contributed by atoms with Crippen molar-refractivity contribution in [3.05, 3.63) is 69.5 Å². The monoisotopic (exact) mass is 747 g/mol. The van der Waals surface area contributed by atoms with Crippen molar-refractivity contribution in [1.29, 1.82) is 0 Å². The third kappa shape index (κ3) is 8.65. The van der Waals surface area contributed by atoms with Crippen LogP contribution in [0.3, 0.4) is 0 Å². The third-order valence-corrected chi connectivity index (χ3v) is 13.7. The lowest BCUT2D eigenvalue weighted by Gasteiger charge is -2.38. The molecule has 0 aromatic heterocycles. The second-order valence-electron chi connectivity index (χ2n) is 14.2. The van der Waals surface area contributed by atoms with Crippen LogP contribution in [0.15, 0.2) is 42.0 Å². The van der Waals surface area contributed by atoms with Crippen LogP contribution in [-0.4, -0.2) is 88.0 Å². The van der Waals surface area contributed by atoms with Gasteiger partial charge in [0.2, 0.25) is 0 Å². The van der Waals surface area contributed by atoms with Crippen molar-refractivity contribution < 1.29 is 27.1 Å². The summed E-state index contributed by atoms with van der Waals surface area (Å²) in [5.74, 6) is 1.78. The van der Waals surface area contributed by atoms with E-state index >= 15 is 4.39 Å². The molecule has 12 heteroatoms. The Morgan fingerprint density at radius 1 is 1.12 bits per heavy atom. The van der Waals surface area contributed by atoms with Crippen LogP contribution < -0.4 is 14.4 Å². The van der Waals surface area contributed by atoms with Crippen molar-refractivity contribution in [3.8, 4) is 5.75 Å². The summed E-state index contributed by atoms with van der Waals surface area (Å²) in [6.45, 7) is 10.9. The summed E-state index contributed by atoms with van der Waals surface area (Å²) in [5, 5.41) is -0.0822. The maximum atomic E-state index is 15.4. The minimum absolute atomic E-state index is 0.0325. The molecule has 7 rings (SSSR count). The number of hydrogen-bond donors (Lipinski definition) is 1. The molecule has 2 aromatic carbocycles. The van der Waals surface area contributed by atoms with E-state index < -0.39 is 21.8 Å². The molecule has 1 saturated heterocycles. The Hall–Kier alpha value is -2.31. The van der Waals surface area contributed by atoms with Crippen LogP contribution in [0.25, 0.3) is 0 Å². The van der Waals surface area contributed by atoms with E-state index in [1.54, 1.807) is 12.1 Å². The molecule has 1 aliphatic carbocycles. The average Bonchev–Trinajstić information content (AvgIpc) is 3.27. The molecule has 8 nitrogen and oxygen atoms in total. The highest BCUT2D eigenvalue weighted by Gasteiger charge is 2.35. The number of benzene rings is 2. The molecule has 50 heavy (non-hydrogen) atoms. The Balaban J connectivity index is 1.31. The first-order chi connectivity index (χ1) is 24.1. The lowest BCUT2D eigenvalue weighted by molar-refractivity contribution is 0.0154. The quantitative estimate of drug-likeness (QED) is 0.313. The fourth-order valence-corrected chi connectivity index (χ4v) is 10.1. The lowest BCUT2D eigenvalue weighted by atomic mass is 9.76. The number of ether oxygens (including phenoxy) is 2. The molecule has 4 heterocycles. The summed E-state index contributed by atoms with van der Waals surface area (Å²) in [5.41, 5.74) is 4.06. The third-order valence-electron chi connectivity index (χ3n) is 10.8. The van der Waals surface area contributed by atoms with Gasteiger partial charge in [-0.2, -0.15) is 0 Å². The zero-order chi connectivity index (χ0) is 35.4. The molecule has 5 unspecified atom stereocenters. The topological polar surface area (TPSA) is 88.2 Å². The van der Waals surface area contributed by atoms with Crippen LogP contribution in [0.5, 0.6) is 5.75 Å². The van der Waals surface area contributed by atoms with Crippen molar-refractivity contribution in [3.63, 3.8) is 0 Å². The molecule has 1 amide bonds. The van der Waals surface area contributed by atoms with Crippen molar-refractivity contribution in [1.82, 2.24) is 9.62 Å². The van der Waals surface area contributed by atoms with E-state index in [4.69, 9.17) is 21.1 Å². The van der Waals surface area contributed by atoms with Gasteiger partial charge in [0.05, 0.1) is 35.3 Å². The standard InChI is InChI=1S/C38H51ClFN3O5S2/c1-4-6-32-31(8-9-33(39)36(32)40)30-23-43-12-11-27(5-2)37(47-16-13-42-14-17-49(45)18-15-42)29-20-26(21-29)19-25(3)50(46)41-38(44)28-7-10-35(48-24-30)34(43)22-28/h7-10,20,22,25-27,30,37H,4-6,11-19,21,23-24H2,1-3H3,(H,41,44)/t25?,26-,27?,30?,37?,50?/m0/s1. The molecule has 5 aliphatic rings. The zero-order valence-electron chi connectivity index (χ0n) is 29.5. The summed E-state index contributed by atoms with van der Waals surface area (Å²) in [7, 11) is -2.26. The predicted molar refractivity (Wildman–Crippen MR) is 201 cm³/mol. The number of amides is 1. The van der Waals surface area contributed by atoms with Crippen LogP contribution in [0.1, 0.15) is 80.3 Å². The van der Waals surface area contributed by atoms with Gasteiger partial charge in [-0.15, -0.1) is 0 Å². The maximum Gasteiger partial charge on any atom is 0.263 e. The molecule has 0 radical (unpaired) electrons. The van der Waals surface area contributed by atoms with Crippen molar-refractivity contribution in [2.45, 2.75) is 76.6 Å². The number of rotatable bonds is 8. The van der Waals surface area contributed by atoms with Gasteiger partial charge in [-0.05, 0) is 85.4 Å². The van der Waals surface area contributed by atoms with E-state index in [0.717, 1.165) is 74.5 Å². The minimum atomic E-state index is -1.54. The van der Waals surface area contributed by atoms with E-state index in [-0.39, 0.29) is 39.9 Å². The molecule has 2 aromatic rings. The summed E-state index contributed by atoms with van der Waals surface area (Å²) >= 11 is 6.25.